The van der Waals surface area contributed by atoms with Crippen molar-refractivity contribution in [2.45, 2.75) is 44.1 Å². The molecule has 0 aromatic heterocycles. The Bertz CT molecular complexity index is 1370. The molecule has 39 heavy (non-hydrogen) atoms. The first-order chi connectivity index (χ1) is 17.9. The molecule has 1 unspecified atom stereocenters. The van der Waals surface area contributed by atoms with Gasteiger partial charge in [0.1, 0.15) is 11.3 Å². The average Bonchev–Trinajstić information content (AvgIpc) is 2.79. The molecule has 2 amide bonds. The minimum absolute atomic E-state index is 0.0166. The Morgan fingerprint density at radius 1 is 1.03 bits per heavy atom. The number of ether oxygens (including phenoxy) is 1. The lowest BCUT2D eigenvalue weighted by atomic mass is 9.76. The molecule has 0 saturated carbocycles. The second-order valence-electron chi connectivity index (χ2n) is 9.05. The lowest BCUT2D eigenvalue weighted by Crippen LogP contribution is -2.59. The zero-order chi connectivity index (χ0) is 29.2. The number of carbonyl (C=O) groups excluding carboxylic acids is 2. The Labute approximate surface area is 220 Å². The molecule has 0 bridgehead atoms. The van der Waals surface area contributed by atoms with Crippen LogP contribution in [0, 0.1) is 6.92 Å². The number of sulfonamides is 1. The lowest BCUT2D eigenvalue weighted by molar-refractivity contribution is -0.201. The Hall–Kier alpha value is -3.55. The number of hydrogen-bond donors (Lipinski definition) is 2. The van der Waals surface area contributed by atoms with E-state index < -0.39 is 63.7 Å². The molecule has 0 radical (unpaired) electrons. The third kappa shape index (κ3) is 7.31. The molecule has 1 atom stereocenters. The molecule has 1 aliphatic rings. The first-order valence-corrected chi connectivity index (χ1v) is 13.3. The summed E-state index contributed by atoms with van der Waals surface area (Å²) in [5.74, 6) is -2.81. The fourth-order valence-electron chi connectivity index (χ4n) is 4.06. The van der Waals surface area contributed by atoms with Crippen LogP contribution in [0.2, 0.25) is 0 Å². The molecule has 14 heteroatoms. The Kier molecular flexibility index (Phi) is 8.39. The van der Waals surface area contributed by atoms with Crippen molar-refractivity contribution in [1.82, 2.24) is 10.0 Å². The number of carbonyl (C=O) groups is 2. The van der Waals surface area contributed by atoms with Crippen molar-refractivity contribution in [3.63, 3.8) is 0 Å². The van der Waals surface area contributed by atoms with Crippen LogP contribution in [0.5, 0.6) is 5.75 Å². The molecule has 3 rings (SSSR count). The van der Waals surface area contributed by atoms with Gasteiger partial charge in [0, 0.05) is 12.8 Å². The molecule has 0 saturated heterocycles. The van der Waals surface area contributed by atoms with Crippen molar-refractivity contribution in [2.24, 2.45) is 0 Å². The molecule has 212 valence electrons. The highest BCUT2D eigenvalue weighted by molar-refractivity contribution is 7.89. The van der Waals surface area contributed by atoms with Crippen molar-refractivity contribution >= 4 is 27.4 Å². The molecule has 0 aliphatic carbocycles. The number of hydrogen-bond acceptors (Lipinski definition) is 5. The molecule has 0 fully saturated rings. The second kappa shape index (κ2) is 10.9. The van der Waals surface area contributed by atoms with E-state index in [0.29, 0.717) is 6.26 Å². The van der Waals surface area contributed by atoms with Crippen molar-refractivity contribution in [2.75, 3.05) is 12.9 Å². The molecule has 2 N–H and O–H groups in total. The van der Waals surface area contributed by atoms with E-state index in [-0.39, 0.29) is 29.9 Å². The van der Waals surface area contributed by atoms with E-state index in [0.717, 1.165) is 29.8 Å². The fourth-order valence-corrected chi connectivity index (χ4v) is 4.50. The molecule has 2 aromatic rings. The molecular weight excluding hydrogens is 554 g/mol. The van der Waals surface area contributed by atoms with Crippen LogP contribution in [0.4, 0.5) is 26.3 Å². The van der Waals surface area contributed by atoms with Crippen molar-refractivity contribution in [3.8, 4) is 5.75 Å². The van der Waals surface area contributed by atoms with Gasteiger partial charge in [-0.1, -0.05) is 42.0 Å². The third-order valence-corrected chi connectivity index (χ3v) is 6.46. The summed E-state index contributed by atoms with van der Waals surface area (Å²) in [6.45, 7) is 1.40. The average molecular weight is 579 g/mol. The minimum Gasteiger partial charge on any atom is -0.494 e. The van der Waals surface area contributed by atoms with Gasteiger partial charge in [-0.2, -0.15) is 26.3 Å². The summed E-state index contributed by atoms with van der Waals surface area (Å²) in [5, 5.41) is 1.86. The van der Waals surface area contributed by atoms with Gasteiger partial charge >= 0.3 is 12.4 Å². The predicted octanol–water partition coefficient (Wildman–Crippen LogP) is 4.52. The molecular formula is C25H24F6N2O5S. The highest BCUT2D eigenvalue weighted by Crippen LogP contribution is 2.48. The highest BCUT2D eigenvalue weighted by Gasteiger charge is 2.60. The lowest BCUT2D eigenvalue weighted by Gasteiger charge is -2.41. The quantitative estimate of drug-likeness (QED) is 0.273. The van der Waals surface area contributed by atoms with E-state index in [1.807, 2.05) is 5.32 Å². The van der Waals surface area contributed by atoms with E-state index >= 15 is 0 Å². The van der Waals surface area contributed by atoms with Gasteiger partial charge in [-0.25, -0.2) is 13.1 Å². The van der Waals surface area contributed by atoms with Crippen molar-refractivity contribution in [3.05, 3.63) is 70.8 Å². The smallest absolute Gasteiger partial charge is 0.416 e. The summed E-state index contributed by atoms with van der Waals surface area (Å²) in [6, 6.07) is 10.2. The number of alkyl halides is 6. The SMILES string of the molecule is Cc1ccc(C2=C(C(=O)NS(C)(=O)=O)C(=O)NC(c3ccc(OCCCC(F)(F)F)cc3)(C(F)(F)F)C2)cc1. The monoisotopic (exact) mass is 578 g/mol. The first-order valence-electron chi connectivity index (χ1n) is 11.4. The van der Waals surface area contributed by atoms with Gasteiger partial charge in [-0.3, -0.25) is 9.59 Å². The number of benzene rings is 2. The van der Waals surface area contributed by atoms with Gasteiger partial charge in [0.05, 0.1) is 12.9 Å². The molecule has 1 aliphatic heterocycles. The van der Waals surface area contributed by atoms with Crippen LogP contribution in [-0.4, -0.2) is 45.4 Å². The number of rotatable bonds is 8. The molecule has 0 spiro atoms. The van der Waals surface area contributed by atoms with E-state index in [1.54, 1.807) is 23.8 Å². The molecule has 7 nitrogen and oxygen atoms in total. The van der Waals surface area contributed by atoms with Crippen LogP contribution < -0.4 is 14.8 Å². The van der Waals surface area contributed by atoms with E-state index in [9.17, 15) is 44.3 Å². The maximum absolute atomic E-state index is 14.7. The summed E-state index contributed by atoms with van der Waals surface area (Å²) < 4.78 is 111. The summed E-state index contributed by atoms with van der Waals surface area (Å²) >= 11 is 0. The van der Waals surface area contributed by atoms with Gasteiger partial charge in [-0.15, -0.1) is 0 Å². The number of halogens is 6. The normalized spacial score (nSPS) is 18.5. The summed E-state index contributed by atoms with van der Waals surface area (Å²) in [5.41, 5.74) is -3.72. The summed E-state index contributed by atoms with van der Waals surface area (Å²) in [4.78, 5) is 25.8. The largest absolute Gasteiger partial charge is 0.494 e. The third-order valence-electron chi connectivity index (χ3n) is 5.91. The second-order valence-corrected chi connectivity index (χ2v) is 10.8. The Morgan fingerprint density at radius 3 is 2.13 bits per heavy atom. The van der Waals surface area contributed by atoms with Crippen LogP contribution in [0.15, 0.2) is 54.1 Å². The maximum Gasteiger partial charge on any atom is 0.416 e. The van der Waals surface area contributed by atoms with Crippen LogP contribution in [0.3, 0.4) is 0 Å². The van der Waals surface area contributed by atoms with Crippen LogP contribution in [0.1, 0.15) is 36.0 Å². The van der Waals surface area contributed by atoms with Gasteiger partial charge in [0.15, 0.2) is 5.54 Å². The van der Waals surface area contributed by atoms with Crippen LogP contribution in [0.25, 0.3) is 5.57 Å². The number of nitrogens with one attached hydrogen (secondary N) is 2. The van der Waals surface area contributed by atoms with Crippen LogP contribution >= 0.6 is 0 Å². The van der Waals surface area contributed by atoms with E-state index in [1.165, 1.54) is 12.1 Å². The minimum atomic E-state index is -5.09. The standard InChI is InChI=1S/C25H24F6N2O5S/c1-15-4-6-16(7-5-15)19-14-23(25(29,30)31,32-21(34)20(19)22(35)33-39(2,36)37)17-8-10-18(11-9-17)38-13-3-12-24(26,27)28/h4-11H,3,12-14H2,1-2H3,(H,32,34)(H,33,35). The van der Waals surface area contributed by atoms with Gasteiger partial charge in [0.25, 0.3) is 11.8 Å². The molecule has 2 aromatic carbocycles. The van der Waals surface area contributed by atoms with Crippen molar-refractivity contribution in [1.29, 1.82) is 0 Å². The molecule has 1 heterocycles. The van der Waals surface area contributed by atoms with Crippen LogP contribution in [-0.2, 0) is 25.2 Å². The summed E-state index contributed by atoms with van der Waals surface area (Å²) in [6.07, 6.45) is -11.2. The topological polar surface area (TPSA) is 102 Å². The van der Waals surface area contributed by atoms with Gasteiger partial charge < -0.3 is 10.1 Å². The zero-order valence-corrected chi connectivity index (χ0v) is 21.5. The Balaban J connectivity index is 2.04. The van der Waals surface area contributed by atoms with Gasteiger partial charge in [-0.05, 0) is 42.2 Å². The van der Waals surface area contributed by atoms with E-state index in [4.69, 9.17) is 4.74 Å². The number of aryl methyl sites for hydroxylation is 1. The Morgan fingerprint density at radius 2 is 1.62 bits per heavy atom. The van der Waals surface area contributed by atoms with Crippen molar-refractivity contribution < 1.29 is 49.1 Å². The van der Waals surface area contributed by atoms with Gasteiger partial charge in [0.2, 0.25) is 10.0 Å². The highest BCUT2D eigenvalue weighted by atomic mass is 32.2. The predicted molar refractivity (Wildman–Crippen MR) is 129 cm³/mol. The number of amides is 2. The zero-order valence-electron chi connectivity index (χ0n) is 20.7. The maximum atomic E-state index is 14.7. The first kappa shape index (κ1) is 30.0. The fraction of sp³-hybridized carbons (Fsp3) is 0.360. The van der Waals surface area contributed by atoms with E-state index in [2.05, 4.69) is 0 Å². The summed E-state index contributed by atoms with van der Waals surface area (Å²) in [7, 11) is -4.15.